The third-order valence-corrected chi connectivity index (χ3v) is 14.6. The van der Waals surface area contributed by atoms with Crippen molar-refractivity contribution in [3.8, 4) is 0 Å². The van der Waals surface area contributed by atoms with E-state index in [4.69, 9.17) is 0 Å². The molecule has 0 N–H and O–H groups in total. The highest BCUT2D eigenvalue weighted by Gasteiger charge is 2.52. The molecule has 1 heterocycles. The molecule has 2 aliphatic carbocycles. The van der Waals surface area contributed by atoms with E-state index >= 15 is 0 Å². The third kappa shape index (κ3) is 2.61. The van der Waals surface area contributed by atoms with E-state index in [0.29, 0.717) is 16.2 Å². The van der Waals surface area contributed by atoms with Crippen molar-refractivity contribution < 1.29 is 8.42 Å². The van der Waals surface area contributed by atoms with Crippen LogP contribution in [0.15, 0.2) is 29.2 Å². The van der Waals surface area contributed by atoms with Crippen LogP contribution in [0.1, 0.15) is 64.2 Å². The molecule has 2 saturated carbocycles. The van der Waals surface area contributed by atoms with Crippen LogP contribution in [-0.2, 0) is 9.69 Å². The molecule has 0 unspecified atom stereocenters. The second-order valence-electron chi connectivity index (χ2n) is 7.54. The molecule has 0 amide bonds. The quantitative estimate of drug-likeness (QED) is 0.589. The lowest BCUT2D eigenvalue weighted by molar-refractivity contribution is 0.485. The van der Waals surface area contributed by atoms with Crippen LogP contribution in [0.3, 0.4) is 0 Å². The van der Waals surface area contributed by atoms with Gasteiger partial charge in [0.25, 0.3) is 0 Å². The maximum atomic E-state index is 12.9. The highest BCUT2D eigenvalue weighted by atomic mass is 32.2. The molecular formula is C18H26BO2PS. The molecule has 23 heavy (non-hydrogen) atoms. The fraction of sp³-hybridized carbons (Fsp3) is 0.667. The highest BCUT2D eigenvalue weighted by molar-refractivity contribution is 8.41. The molecule has 5 heteroatoms. The summed E-state index contributed by atoms with van der Waals surface area (Å²) in [6.07, 6.45) is 14.7. The van der Waals surface area contributed by atoms with Crippen molar-refractivity contribution in [2.75, 3.05) is 0 Å². The molecule has 0 saturated heterocycles. The van der Waals surface area contributed by atoms with E-state index in [1.807, 2.05) is 18.4 Å². The summed E-state index contributed by atoms with van der Waals surface area (Å²) in [6, 6.07) is 7.97. The minimum absolute atomic E-state index is 0.623. The van der Waals surface area contributed by atoms with Crippen molar-refractivity contribution in [3.05, 3.63) is 24.3 Å². The average molecular weight is 348 g/mol. The Morgan fingerprint density at radius 3 is 1.91 bits per heavy atom. The predicted molar refractivity (Wildman–Crippen MR) is 99.7 cm³/mol. The standard InChI is InChI=1S/C18H26BO2PS/c20-23(21)18-14-8-7-13-17(18)22(19-23,15-9-3-1-4-10-15)16-11-5-2-6-12-16/h7-8,13-16H,1-6,9-12H2. The minimum Gasteiger partial charge on any atom is -0.269 e. The van der Waals surface area contributed by atoms with Gasteiger partial charge in [-0.3, -0.25) is 8.42 Å². The van der Waals surface area contributed by atoms with Crippen molar-refractivity contribution in [2.24, 2.45) is 0 Å². The Labute approximate surface area is 141 Å². The molecule has 2 nitrogen and oxygen atoms in total. The van der Waals surface area contributed by atoms with Crippen molar-refractivity contribution in [2.45, 2.75) is 80.4 Å². The Morgan fingerprint density at radius 2 is 1.35 bits per heavy atom. The van der Waals surface area contributed by atoms with Crippen molar-refractivity contribution in [1.82, 2.24) is 0 Å². The summed E-state index contributed by atoms with van der Waals surface area (Å²) < 4.78 is 25.9. The molecule has 2 fully saturated rings. The summed E-state index contributed by atoms with van der Waals surface area (Å²) in [5.74, 6) is 0. The summed E-state index contributed by atoms with van der Waals surface area (Å²) in [4.78, 5) is 0.643. The number of fused-ring (bicyclic) bond motifs is 1. The van der Waals surface area contributed by atoms with E-state index in [1.54, 1.807) is 0 Å². The smallest absolute Gasteiger partial charge is 0.102 e. The van der Waals surface area contributed by atoms with Gasteiger partial charge in [0.15, 0.2) is 0 Å². The van der Waals surface area contributed by atoms with Gasteiger partial charge in [-0.2, -0.15) is 7.14 Å². The van der Waals surface area contributed by atoms with Crippen LogP contribution in [-0.4, -0.2) is 26.0 Å². The van der Waals surface area contributed by atoms with E-state index in [1.165, 1.54) is 69.5 Å². The predicted octanol–water partition coefficient (Wildman–Crippen LogP) is 4.32. The first-order chi connectivity index (χ1) is 11.1. The molecule has 0 atom stereocenters. The molecule has 0 spiro atoms. The van der Waals surface area contributed by atoms with Gasteiger partial charge in [-0.25, -0.2) is 0 Å². The number of hydrogen-bond acceptors (Lipinski definition) is 2. The maximum Gasteiger partial charge on any atom is 0.102 e. The fourth-order valence-corrected chi connectivity index (χ4v) is 15.5. The zero-order valence-corrected chi connectivity index (χ0v) is 15.5. The summed E-state index contributed by atoms with van der Waals surface area (Å²) in [7, 11) is -4.91. The maximum absolute atomic E-state index is 12.9. The molecule has 1 aromatic rings. The molecule has 3 aliphatic rings. The van der Waals surface area contributed by atoms with Gasteiger partial charge < -0.3 is 0 Å². The van der Waals surface area contributed by atoms with Crippen LogP contribution >= 0.6 is 7.14 Å². The summed E-state index contributed by atoms with van der Waals surface area (Å²) >= 11 is 0. The topological polar surface area (TPSA) is 34.1 Å². The Balaban J connectivity index is 1.86. The summed E-state index contributed by atoms with van der Waals surface area (Å²) in [6.45, 7) is 0. The molecule has 2 radical (unpaired) electrons. The van der Waals surface area contributed by atoms with Gasteiger partial charge in [0, 0.05) is 21.0 Å². The lowest BCUT2D eigenvalue weighted by atomic mass is 9.99. The second kappa shape index (κ2) is 6.19. The first kappa shape index (κ1) is 16.2. The highest BCUT2D eigenvalue weighted by Crippen LogP contribution is 2.73. The van der Waals surface area contributed by atoms with Gasteiger partial charge in [-0.05, 0) is 63.5 Å². The summed E-state index contributed by atoms with van der Waals surface area (Å²) in [5.41, 5.74) is 1.25. The molecule has 1 aliphatic heterocycles. The van der Waals surface area contributed by atoms with Crippen LogP contribution < -0.4 is 5.30 Å². The Kier molecular flexibility index (Phi) is 4.35. The van der Waals surface area contributed by atoms with Gasteiger partial charge >= 0.3 is 0 Å². The van der Waals surface area contributed by atoms with Gasteiger partial charge in [0.05, 0.1) is 10.2 Å². The Hall–Kier alpha value is -0.335. The van der Waals surface area contributed by atoms with E-state index in [9.17, 15) is 8.42 Å². The Morgan fingerprint density at radius 1 is 0.826 bits per heavy atom. The van der Waals surface area contributed by atoms with Gasteiger partial charge in [-0.1, -0.05) is 25.0 Å². The van der Waals surface area contributed by atoms with Crippen LogP contribution in [0.4, 0.5) is 0 Å². The summed E-state index contributed by atoms with van der Waals surface area (Å²) in [5, 5.41) is 1.24. The van der Waals surface area contributed by atoms with Gasteiger partial charge in [-0.15, -0.1) is 0 Å². The number of rotatable bonds is 2. The molecule has 1 aromatic carbocycles. The monoisotopic (exact) mass is 348 g/mol. The largest absolute Gasteiger partial charge is 0.269 e. The van der Waals surface area contributed by atoms with E-state index in [0.717, 1.165) is 0 Å². The normalized spacial score (nSPS) is 27.7. The minimum atomic E-state index is -3.19. The first-order valence-electron chi connectivity index (χ1n) is 9.23. The van der Waals surface area contributed by atoms with E-state index in [2.05, 4.69) is 12.1 Å². The molecule has 0 bridgehead atoms. The van der Waals surface area contributed by atoms with Gasteiger partial charge in [0.1, 0.15) is 6.28 Å². The molecule has 0 aromatic heterocycles. The zero-order chi connectivity index (χ0) is 15.9. The van der Waals surface area contributed by atoms with Crippen molar-refractivity contribution in [1.29, 1.82) is 0 Å². The van der Waals surface area contributed by atoms with Crippen molar-refractivity contribution >= 4 is 28.4 Å². The zero-order valence-electron chi connectivity index (χ0n) is 13.8. The van der Waals surface area contributed by atoms with E-state index in [-0.39, 0.29) is 0 Å². The SMILES string of the molecule is O=S1(=O)[B-][P+](C2CCCCC2)(C2CCCCC2)c2ccccc21. The lowest BCUT2D eigenvalue weighted by Gasteiger charge is -2.48. The first-order valence-corrected chi connectivity index (χ1v) is 12.8. The van der Waals surface area contributed by atoms with Crippen molar-refractivity contribution in [3.63, 3.8) is 0 Å². The average Bonchev–Trinajstić information content (AvgIpc) is 2.86. The third-order valence-electron chi connectivity index (χ3n) is 6.26. The van der Waals surface area contributed by atoms with Gasteiger partial charge in [0.2, 0.25) is 0 Å². The second-order valence-corrected chi connectivity index (χ2v) is 13.5. The number of hydrogen-bond donors (Lipinski definition) is 0. The van der Waals surface area contributed by atoms with Crippen LogP contribution in [0.5, 0.6) is 0 Å². The lowest BCUT2D eigenvalue weighted by Crippen LogP contribution is -2.35. The fourth-order valence-electron chi connectivity index (χ4n) is 5.24. The van der Waals surface area contributed by atoms with E-state index < -0.39 is 16.8 Å². The van der Waals surface area contributed by atoms with Crippen LogP contribution in [0.2, 0.25) is 0 Å². The van der Waals surface area contributed by atoms with Crippen LogP contribution in [0, 0.1) is 0 Å². The van der Waals surface area contributed by atoms with Crippen LogP contribution in [0.25, 0.3) is 0 Å². The number of benzene rings is 1. The molecule has 124 valence electrons. The Bertz CT molecular complexity index is 658. The molecular weight excluding hydrogens is 322 g/mol. The molecule has 4 rings (SSSR count).